The van der Waals surface area contributed by atoms with Crippen LogP contribution in [-0.2, 0) is 0 Å². The number of benzene rings is 1. The third-order valence-corrected chi connectivity index (χ3v) is 4.80. The van der Waals surface area contributed by atoms with Gasteiger partial charge in [0.15, 0.2) is 5.65 Å². The fourth-order valence-corrected chi connectivity index (χ4v) is 3.40. The zero-order valence-corrected chi connectivity index (χ0v) is 16.2. The number of aryl methyl sites for hydroxylation is 1. The van der Waals surface area contributed by atoms with Crippen molar-refractivity contribution in [3.05, 3.63) is 76.4 Å². The van der Waals surface area contributed by atoms with Crippen molar-refractivity contribution in [2.75, 3.05) is 0 Å². The molecule has 3 aromatic heterocycles. The summed E-state index contributed by atoms with van der Waals surface area (Å²) in [4.78, 5) is 25.8. The Morgan fingerprint density at radius 3 is 2.62 bits per heavy atom. The van der Waals surface area contributed by atoms with Gasteiger partial charge < -0.3 is 5.11 Å². The fraction of sp³-hybridized carbons (Fsp3) is 0.182. The standard InChI is InChI=1S/C22H19FN4O2/c1-12(2)19-20(13(3)9-10-24-19)27-21-14(11-25-22(27)29)7-8-16(26-21)18-15(23)5-4-6-17(18)28/h4-12,28H,1-3H3. The number of halogens is 1. The van der Waals surface area contributed by atoms with Gasteiger partial charge in [-0.3, -0.25) is 4.98 Å². The predicted octanol–water partition coefficient (Wildman–Crippen LogP) is 4.12. The molecule has 4 rings (SSSR count). The summed E-state index contributed by atoms with van der Waals surface area (Å²) in [6.07, 6.45) is 3.14. The first-order valence-corrected chi connectivity index (χ1v) is 9.21. The first-order valence-electron chi connectivity index (χ1n) is 9.21. The highest BCUT2D eigenvalue weighted by atomic mass is 19.1. The number of phenolic OH excluding ortho intramolecular Hbond substituents is 1. The van der Waals surface area contributed by atoms with E-state index in [9.17, 15) is 14.3 Å². The molecule has 0 saturated heterocycles. The van der Waals surface area contributed by atoms with Crippen LogP contribution in [0.3, 0.4) is 0 Å². The quantitative estimate of drug-likeness (QED) is 0.569. The molecule has 0 radical (unpaired) electrons. The van der Waals surface area contributed by atoms with Crippen LogP contribution in [0.1, 0.15) is 31.0 Å². The van der Waals surface area contributed by atoms with E-state index in [1.54, 1.807) is 18.3 Å². The zero-order chi connectivity index (χ0) is 20.7. The van der Waals surface area contributed by atoms with E-state index in [1.165, 1.54) is 29.0 Å². The number of nitrogens with zero attached hydrogens (tertiary/aromatic N) is 4. The maximum Gasteiger partial charge on any atom is 0.353 e. The molecule has 1 N–H and O–H groups in total. The Labute approximate surface area is 166 Å². The molecule has 3 heterocycles. The van der Waals surface area contributed by atoms with Crippen LogP contribution in [0.15, 0.2) is 53.6 Å². The molecular weight excluding hydrogens is 371 g/mol. The van der Waals surface area contributed by atoms with E-state index in [0.29, 0.717) is 16.7 Å². The zero-order valence-electron chi connectivity index (χ0n) is 16.2. The summed E-state index contributed by atoms with van der Waals surface area (Å²) in [6.45, 7) is 5.87. The van der Waals surface area contributed by atoms with E-state index in [-0.39, 0.29) is 22.9 Å². The van der Waals surface area contributed by atoms with Crippen LogP contribution in [0.5, 0.6) is 5.75 Å². The molecule has 0 amide bonds. The number of hydrogen-bond donors (Lipinski definition) is 1. The average molecular weight is 390 g/mol. The molecule has 0 aliphatic rings. The molecule has 146 valence electrons. The van der Waals surface area contributed by atoms with E-state index in [0.717, 1.165) is 11.3 Å². The molecule has 7 heteroatoms. The molecule has 0 fully saturated rings. The van der Waals surface area contributed by atoms with Crippen molar-refractivity contribution in [2.45, 2.75) is 26.7 Å². The van der Waals surface area contributed by atoms with Crippen LogP contribution in [0.2, 0.25) is 0 Å². The first kappa shape index (κ1) is 18.7. The lowest BCUT2D eigenvalue weighted by Crippen LogP contribution is -2.24. The first-order chi connectivity index (χ1) is 13.9. The summed E-state index contributed by atoms with van der Waals surface area (Å²) in [6, 6.07) is 9.18. The summed E-state index contributed by atoms with van der Waals surface area (Å²) < 4.78 is 15.8. The number of rotatable bonds is 3. The second kappa shape index (κ2) is 7.09. The van der Waals surface area contributed by atoms with Crippen LogP contribution in [-0.4, -0.2) is 24.6 Å². The fourth-order valence-electron chi connectivity index (χ4n) is 3.40. The van der Waals surface area contributed by atoms with Gasteiger partial charge in [-0.15, -0.1) is 0 Å². The topological polar surface area (TPSA) is 80.9 Å². The number of pyridine rings is 2. The minimum absolute atomic E-state index is 0.0165. The normalized spacial score (nSPS) is 11.3. The lowest BCUT2D eigenvalue weighted by atomic mass is 10.0. The highest BCUT2D eigenvalue weighted by molar-refractivity contribution is 5.81. The van der Waals surface area contributed by atoms with Gasteiger partial charge in [-0.1, -0.05) is 19.9 Å². The smallest absolute Gasteiger partial charge is 0.353 e. The van der Waals surface area contributed by atoms with E-state index in [1.807, 2.05) is 26.8 Å². The Morgan fingerprint density at radius 2 is 1.90 bits per heavy atom. The molecule has 29 heavy (non-hydrogen) atoms. The maximum atomic E-state index is 14.4. The van der Waals surface area contributed by atoms with E-state index in [4.69, 9.17) is 0 Å². The summed E-state index contributed by atoms with van der Waals surface area (Å²) in [5.74, 6) is -0.758. The highest BCUT2D eigenvalue weighted by Gasteiger charge is 2.19. The van der Waals surface area contributed by atoms with Crippen molar-refractivity contribution in [2.24, 2.45) is 0 Å². The minimum Gasteiger partial charge on any atom is -0.507 e. The molecule has 0 atom stereocenters. The molecule has 0 saturated carbocycles. The van der Waals surface area contributed by atoms with E-state index < -0.39 is 11.5 Å². The second-order valence-electron chi connectivity index (χ2n) is 7.14. The number of fused-ring (bicyclic) bond motifs is 1. The summed E-state index contributed by atoms with van der Waals surface area (Å²) in [7, 11) is 0. The van der Waals surface area contributed by atoms with Crippen molar-refractivity contribution in [1.29, 1.82) is 0 Å². The van der Waals surface area contributed by atoms with Crippen LogP contribution < -0.4 is 5.69 Å². The van der Waals surface area contributed by atoms with Gasteiger partial charge in [0.1, 0.15) is 11.6 Å². The van der Waals surface area contributed by atoms with Gasteiger partial charge in [0, 0.05) is 17.8 Å². The van der Waals surface area contributed by atoms with Gasteiger partial charge in [-0.2, -0.15) is 0 Å². The van der Waals surface area contributed by atoms with Crippen molar-refractivity contribution in [3.8, 4) is 22.7 Å². The van der Waals surface area contributed by atoms with Gasteiger partial charge in [0.25, 0.3) is 0 Å². The monoisotopic (exact) mass is 390 g/mol. The Bertz CT molecular complexity index is 1280. The number of aromatic hydroxyl groups is 1. The highest BCUT2D eigenvalue weighted by Crippen LogP contribution is 2.32. The molecule has 0 aliphatic heterocycles. The molecule has 0 spiro atoms. The largest absolute Gasteiger partial charge is 0.507 e. The summed E-state index contributed by atoms with van der Waals surface area (Å²) in [5, 5.41) is 10.8. The van der Waals surface area contributed by atoms with Gasteiger partial charge in [-0.25, -0.2) is 23.7 Å². The van der Waals surface area contributed by atoms with Gasteiger partial charge in [0.2, 0.25) is 0 Å². The summed E-state index contributed by atoms with van der Waals surface area (Å²) in [5.41, 5.74) is 2.23. The van der Waals surface area contributed by atoms with E-state index in [2.05, 4.69) is 15.0 Å². The predicted molar refractivity (Wildman–Crippen MR) is 109 cm³/mol. The average Bonchev–Trinajstić information content (AvgIpc) is 2.68. The van der Waals surface area contributed by atoms with Crippen LogP contribution in [0.25, 0.3) is 28.0 Å². The lowest BCUT2D eigenvalue weighted by molar-refractivity contribution is 0.471. The van der Waals surface area contributed by atoms with Crippen LogP contribution >= 0.6 is 0 Å². The molecule has 6 nitrogen and oxygen atoms in total. The van der Waals surface area contributed by atoms with Crippen molar-refractivity contribution in [1.82, 2.24) is 19.5 Å². The Morgan fingerprint density at radius 1 is 1.10 bits per heavy atom. The van der Waals surface area contributed by atoms with Gasteiger partial charge in [0.05, 0.1) is 22.6 Å². The Balaban J connectivity index is 2.10. The molecule has 1 aromatic carbocycles. The Hall–Kier alpha value is -3.61. The van der Waals surface area contributed by atoms with Gasteiger partial charge in [-0.05, 0) is 48.7 Å². The molecule has 0 bridgehead atoms. The van der Waals surface area contributed by atoms with Crippen molar-refractivity contribution in [3.63, 3.8) is 0 Å². The molecule has 0 aliphatic carbocycles. The van der Waals surface area contributed by atoms with Crippen LogP contribution in [0, 0.1) is 12.7 Å². The number of hydrogen-bond acceptors (Lipinski definition) is 5. The molecule has 4 aromatic rings. The summed E-state index contributed by atoms with van der Waals surface area (Å²) >= 11 is 0. The Kier molecular flexibility index (Phi) is 4.58. The molecular formula is C22H19FN4O2. The second-order valence-corrected chi connectivity index (χ2v) is 7.14. The SMILES string of the molecule is Cc1ccnc(C(C)C)c1-n1c(=O)ncc2ccc(-c3c(O)cccc3F)nc21. The van der Waals surface area contributed by atoms with Gasteiger partial charge >= 0.3 is 5.69 Å². The van der Waals surface area contributed by atoms with Crippen molar-refractivity contribution < 1.29 is 9.50 Å². The molecule has 0 unspecified atom stereocenters. The maximum absolute atomic E-state index is 14.4. The number of aromatic nitrogens is 4. The number of phenols is 1. The minimum atomic E-state index is -0.597. The van der Waals surface area contributed by atoms with Crippen LogP contribution in [0.4, 0.5) is 4.39 Å². The third-order valence-electron chi connectivity index (χ3n) is 4.80. The lowest BCUT2D eigenvalue weighted by Gasteiger charge is -2.17. The van der Waals surface area contributed by atoms with Crippen molar-refractivity contribution >= 4 is 11.0 Å². The third kappa shape index (κ3) is 3.14. The van der Waals surface area contributed by atoms with E-state index >= 15 is 0 Å².